The first-order chi connectivity index (χ1) is 12.9. The van der Waals surface area contributed by atoms with Gasteiger partial charge in [-0.05, 0) is 49.2 Å². The zero-order chi connectivity index (χ0) is 19.2. The van der Waals surface area contributed by atoms with E-state index in [1.54, 1.807) is 4.40 Å². The monoisotopic (exact) mass is 384 g/mol. The standard InChI is InChI=1S/C19H20N4O3S/c1-13-8-9-15(12-14(13)2)26-10-11-27(24,25)19-21-20-18-22(3)16-6-4-5-7-17(16)23(18)19/h4-9,12H,10-11H2,1-3H3. The highest BCUT2D eigenvalue weighted by atomic mass is 32.2. The summed E-state index contributed by atoms with van der Waals surface area (Å²) in [5, 5.41) is 7.95. The number of aryl methyl sites for hydroxylation is 3. The van der Waals surface area contributed by atoms with E-state index in [9.17, 15) is 8.42 Å². The molecule has 4 rings (SSSR count). The van der Waals surface area contributed by atoms with Crippen molar-refractivity contribution in [3.63, 3.8) is 0 Å². The van der Waals surface area contributed by atoms with Crippen molar-refractivity contribution in [1.29, 1.82) is 0 Å². The summed E-state index contributed by atoms with van der Waals surface area (Å²) in [6, 6.07) is 13.2. The molecule has 4 aromatic rings. The van der Waals surface area contributed by atoms with Crippen LogP contribution in [0.4, 0.5) is 0 Å². The predicted octanol–water partition coefficient (Wildman–Crippen LogP) is 2.69. The number of sulfone groups is 1. The summed E-state index contributed by atoms with van der Waals surface area (Å²) in [5.74, 6) is 0.971. The van der Waals surface area contributed by atoms with Crippen LogP contribution in [0.25, 0.3) is 16.8 Å². The Labute approximate surface area is 157 Å². The van der Waals surface area contributed by atoms with Crippen LogP contribution in [0.1, 0.15) is 11.1 Å². The first-order valence-corrected chi connectivity index (χ1v) is 10.2. The second-order valence-corrected chi connectivity index (χ2v) is 8.58. The average molecular weight is 384 g/mol. The van der Waals surface area contributed by atoms with Crippen molar-refractivity contribution in [3.05, 3.63) is 53.6 Å². The molecule has 0 saturated carbocycles. The highest BCUT2D eigenvalue weighted by Gasteiger charge is 2.25. The molecule has 0 unspecified atom stereocenters. The van der Waals surface area contributed by atoms with Gasteiger partial charge >= 0.3 is 0 Å². The van der Waals surface area contributed by atoms with E-state index in [-0.39, 0.29) is 17.5 Å². The molecule has 2 aromatic carbocycles. The van der Waals surface area contributed by atoms with Crippen LogP contribution in [-0.4, -0.2) is 39.9 Å². The number of hydrogen-bond acceptors (Lipinski definition) is 5. The van der Waals surface area contributed by atoms with Crippen molar-refractivity contribution in [2.45, 2.75) is 19.0 Å². The molecule has 0 aliphatic heterocycles. The lowest BCUT2D eigenvalue weighted by Crippen LogP contribution is -2.17. The topological polar surface area (TPSA) is 78.5 Å². The van der Waals surface area contributed by atoms with Gasteiger partial charge in [-0.15, -0.1) is 10.2 Å². The molecule has 8 heteroatoms. The van der Waals surface area contributed by atoms with Crippen molar-refractivity contribution >= 4 is 26.6 Å². The van der Waals surface area contributed by atoms with E-state index in [2.05, 4.69) is 10.2 Å². The maximum atomic E-state index is 12.9. The lowest BCUT2D eigenvalue weighted by atomic mass is 10.1. The molecule has 27 heavy (non-hydrogen) atoms. The predicted molar refractivity (Wildman–Crippen MR) is 103 cm³/mol. The van der Waals surface area contributed by atoms with Crippen LogP contribution < -0.4 is 4.74 Å². The molecule has 0 atom stereocenters. The van der Waals surface area contributed by atoms with Crippen LogP contribution in [-0.2, 0) is 16.9 Å². The molecule has 0 aliphatic rings. The Hall–Kier alpha value is -2.87. The molecular formula is C19H20N4O3S. The average Bonchev–Trinajstić information content (AvgIpc) is 3.19. The summed E-state index contributed by atoms with van der Waals surface area (Å²) in [5.41, 5.74) is 3.92. The largest absolute Gasteiger partial charge is 0.493 e. The van der Waals surface area contributed by atoms with Gasteiger partial charge in [-0.1, -0.05) is 18.2 Å². The Bertz CT molecular complexity index is 1250. The number of imidazole rings is 1. The van der Waals surface area contributed by atoms with E-state index >= 15 is 0 Å². The lowest BCUT2D eigenvalue weighted by Gasteiger charge is -2.08. The summed E-state index contributed by atoms with van der Waals surface area (Å²) >= 11 is 0. The van der Waals surface area contributed by atoms with Gasteiger partial charge in [0.2, 0.25) is 15.6 Å². The number of para-hydroxylation sites is 2. The molecule has 2 aromatic heterocycles. The van der Waals surface area contributed by atoms with Crippen molar-refractivity contribution in [1.82, 2.24) is 19.2 Å². The van der Waals surface area contributed by atoms with Gasteiger partial charge in [0.15, 0.2) is 0 Å². The van der Waals surface area contributed by atoms with Crippen LogP contribution >= 0.6 is 0 Å². The third kappa shape index (κ3) is 2.95. The van der Waals surface area contributed by atoms with E-state index in [4.69, 9.17) is 4.74 Å². The number of hydrogen-bond donors (Lipinski definition) is 0. The van der Waals surface area contributed by atoms with Crippen molar-refractivity contribution < 1.29 is 13.2 Å². The maximum Gasteiger partial charge on any atom is 0.256 e. The number of rotatable bonds is 5. The molecule has 140 valence electrons. The Morgan fingerprint density at radius 3 is 2.48 bits per heavy atom. The Balaban J connectivity index is 1.62. The Morgan fingerprint density at radius 1 is 1.00 bits per heavy atom. The maximum absolute atomic E-state index is 12.9. The van der Waals surface area contributed by atoms with Crippen LogP contribution in [0.2, 0.25) is 0 Å². The van der Waals surface area contributed by atoms with Crippen LogP contribution in [0.3, 0.4) is 0 Å². The van der Waals surface area contributed by atoms with Gasteiger partial charge in [0.1, 0.15) is 12.4 Å². The van der Waals surface area contributed by atoms with Gasteiger partial charge in [0.25, 0.3) is 5.16 Å². The van der Waals surface area contributed by atoms with Crippen LogP contribution in [0.15, 0.2) is 47.6 Å². The highest BCUT2D eigenvalue weighted by molar-refractivity contribution is 7.91. The number of benzene rings is 2. The van der Waals surface area contributed by atoms with E-state index in [1.165, 1.54) is 0 Å². The minimum atomic E-state index is -3.66. The Morgan fingerprint density at radius 2 is 1.74 bits per heavy atom. The molecule has 2 heterocycles. The molecule has 0 N–H and O–H groups in total. The van der Waals surface area contributed by atoms with Gasteiger partial charge < -0.3 is 9.30 Å². The quantitative estimate of drug-likeness (QED) is 0.529. The molecule has 0 saturated heterocycles. The van der Waals surface area contributed by atoms with E-state index in [1.807, 2.05) is 67.9 Å². The van der Waals surface area contributed by atoms with Gasteiger partial charge in [-0.25, -0.2) is 12.8 Å². The fourth-order valence-electron chi connectivity index (χ4n) is 3.10. The van der Waals surface area contributed by atoms with E-state index in [0.717, 1.165) is 22.2 Å². The third-order valence-electron chi connectivity index (χ3n) is 4.78. The fraction of sp³-hybridized carbons (Fsp3) is 0.263. The van der Waals surface area contributed by atoms with Crippen LogP contribution in [0.5, 0.6) is 5.75 Å². The lowest BCUT2D eigenvalue weighted by molar-refractivity contribution is 0.340. The number of nitrogens with zero attached hydrogens (tertiary/aromatic N) is 4. The molecule has 7 nitrogen and oxygen atoms in total. The van der Waals surface area contributed by atoms with E-state index < -0.39 is 9.84 Å². The summed E-state index contributed by atoms with van der Waals surface area (Å²) in [6.45, 7) is 4.06. The zero-order valence-corrected chi connectivity index (χ0v) is 16.2. The third-order valence-corrected chi connectivity index (χ3v) is 6.30. The summed E-state index contributed by atoms with van der Waals surface area (Å²) < 4.78 is 34.8. The zero-order valence-electron chi connectivity index (χ0n) is 15.4. The minimum absolute atomic E-state index is 0.0461. The second kappa shape index (κ2) is 6.38. The molecule has 0 spiro atoms. The van der Waals surface area contributed by atoms with Gasteiger partial charge in [-0.2, -0.15) is 0 Å². The molecule has 0 radical (unpaired) electrons. The summed E-state index contributed by atoms with van der Waals surface area (Å²) in [4.78, 5) is 0. The number of aromatic nitrogens is 4. The smallest absolute Gasteiger partial charge is 0.256 e. The molecule has 0 amide bonds. The molecular weight excluding hydrogens is 364 g/mol. The van der Waals surface area contributed by atoms with Crippen molar-refractivity contribution in [3.8, 4) is 5.75 Å². The Kier molecular flexibility index (Phi) is 4.15. The van der Waals surface area contributed by atoms with Gasteiger partial charge in [0.05, 0.1) is 16.8 Å². The number of fused-ring (bicyclic) bond motifs is 3. The second-order valence-electron chi connectivity index (χ2n) is 6.58. The minimum Gasteiger partial charge on any atom is -0.493 e. The van der Waals surface area contributed by atoms with Gasteiger partial charge in [0, 0.05) is 7.05 Å². The van der Waals surface area contributed by atoms with Crippen LogP contribution in [0, 0.1) is 13.8 Å². The number of ether oxygens (including phenoxy) is 1. The fourth-order valence-corrected chi connectivity index (χ4v) is 4.21. The summed E-state index contributed by atoms with van der Waals surface area (Å²) in [6.07, 6.45) is 0. The molecule has 0 aliphatic carbocycles. The normalized spacial score (nSPS) is 12.1. The first kappa shape index (κ1) is 17.5. The SMILES string of the molecule is Cc1ccc(OCCS(=O)(=O)c2nnc3n(C)c4ccccc4n23)cc1C. The van der Waals surface area contributed by atoms with Crippen molar-refractivity contribution in [2.75, 3.05) is 12.4 Å². The van der Waals surface area contributed by atoms with Crippen molar-refractivity contribution in [2.24, 2.45) is 7.05 Å². The first-order valence-electron chi connectivity index (χ1n) is 8.60. The van der Waals surface area contributed by atoms with E-state index in [0.29, 0.717) is 11.5 Å². The summed E-state index contributed by atoms with van der Waals surface area (Å²) in [7, 11) is -1.82. The molecule has 0 fully saturated rings. The van der Waals surface area contributed by atoms with Gasteiger partial charge in [-0.3, -0.25) is 0 Å². The highest BCUT2D eigenvalue weighted by Crippen LogP contribution is 2.22. The molecule has 0 bridgehead atoms.